The molecular weight excluding hydrogens is 304 g/mol. The maximum Gasteiger partial charge on any atom is 0.203 e. The van der Waals surface area contributed by atoms with Gasteiger partial charge in [-0.3, -0.25) is 4.79 Å². The van der Waals surface area contributed by atoms with Gasteiger partial charge < -0.3 is 14.6 Å². The van der Waals surface area contributed by atoms with Gasteiger partial charge in [-0.05, 0) is 36.4 Å². The first kappa shape index (κ1) is 15.9. The molecule has 0 atom stereocenters. The number of phenols is 1. The lowest BCUT2D eigenvalue weighted by molar-refractivity contribution is 0.104. The molecular formula is C17H15ClO4. The van der Waals surface area contributed by atoms with Crippen molar-refractivity contribution in [1.82, 2.24) is 0 Å². The third-order valence-corrected chi connectivity index (χ3v) is 3.31. The molecule has 0 saturated carbocycles. The molecule has 0 bridgehead atoms. The van der Waals surface area contributed by atoms with E-state index in [-0.39, 0.29) is 17.3 Å². The highest BCUT2D eigenvalue weighted by molar-refractivity contribution is 6.31. The first-order valence-corrected chi connectivity index (χ1v) is 6.86. The molecule has 0 aliphatic heterocycles. The number of ether oxygens (including phenoxy) is 2. The summed E-state index contributed by atoms with van der Waals surface area (Å²) in [6.45, 7) is 0. The van der Waals surface area contributed by atoms with Crippen LogP contribution in [0.3, 0.4) is 0 Å². The van der Waals surface area contributed by atoms with Crippen molar-refractivity contribution < 1.29 is 19.4 Å². The number of hydrogen-bond acceptors (Lipinski definition) is 4. The molecule has 5 heteroatoms. The van der Waals surface area contributed by atoms with Crippen LogP contribution >= 0.6 is 11.6 Å². The van der Waals surface area contributed by atoms with Crippen molar-refractivity contribution in [2.75, 3.05) is 14.2 Å². The molecule has 2 aromatic rings. The van der Waals surface area contributed by atoms with Crippen molar-refractivity contribution in [3.63, 3.8) is 0 Å². The molecule has 2 aromatic carbocycles. The number of carbonyl (C=O) groups is 1. The number of rotatable bonds is 5. The first-order valence-electron chi connectivity index (χ1n) is 6.48. The summed E-state index contributed by atoms with van der Waals surface area (Å²) in [5, 5.41) is 10.6. The molecule has 0 aliphatic rings. The van der Waals surface area contributed by atoms with Crippen LogP contribution in [-0.2, 0) is 0 Å². The predicted molar refractivity (Wildman–Crippen MR) is 86.0 cm³/mol. The molecule has 22 heavy (non-hydrogen) atoms. The molecule has 114 valence electrons. The maximum absolute atomic E-state index is 12.1. The number of allylic oxidation sites excluding steroid dienone is 1. The highest BCUT2D eigenvalue weighted by Gasteiger charge is 2.12. The van der Waals surface area contributed by atoms with Gasteiger partial charge in [0.25, 0.3) is 0 Å². The van der Waals surface area contributed by atoms with Crippen molar-refractivity contribution in [3.8, 4) is 17.2 Å². The minimum Gasteiger partial charge on any atom is -0.504 e. The monoisotopic (exact) mass is 318 g/mol. The summed E-state index contributed by atoms with van der Waals surface area (Å²) in [5.74, 6) is 0.340. The molecule has 0 heterocycles. The van der Waals surface area contributed by atoms with Gasteiger partial charge in [0.05, 0.1) is 14.2 Å². The number of hydrogen-bond donors (Lipinski definition) is 1. The van der Waals surface area contributed by atoms with Crippen LogP contribution < -0.4 is 9.47 Å². The van der Waals surface area contributed by atoms with Crippen LogP contribution in [0, 0.1) is 0 Å². The second-order valence-corrected chi connectivity index (χ2v) is 4.88. The zero-order chi connectivity index (χ0) is 16.1. The Hall–Kier alpha value is -2.46. The van der Waals surface area contributed by atoms with Crippen molar-refractivity contribution in [3.05, 3.63) is 58.6 Å². The molecule has 0 amide bonds. The third kappa shape index (κ3) is 3.40. The van der Waals surface area contributed by atoms with Crippen molar-refractivity contribution in [1.29, 1.82) is 0 Å². The third-order valence-electron chi connectivity index (χ3n) is 3.07. The predicted octanol–water partition coefficient (Wildman–Crippen LogP) is 3.96. The number of methoxy groups -OCH3 is 2. The zero-order valence-corrected chi connectivity index (χ0v) is 12.9. The summed E-state index contributed by atoms with van der Waals surface area (Å²) < 4.78 is 10.2. The molecule has 0 unspecified atom stereocenters. The number of benzene rings is 2. The smallest absolute Gasteiger partial charge is 0.203 e. The topological polar surface area (TPSA) is 55.8 Å². The normalized spacial score (nSPS) is 10.7. The minimum absolute atomic E-state index is 0.0861. The van der Waals surface area contributed by atoms with Gasteiger partial charge in [-0.2, -0.15) is 0 Å². The summed E-state index contributed by atoms with van der Waals surface area (Å²) in [5.41, 5.74) is 0.928. The molecule has 4 nitrogen and oxygen atoms in total. The molecule has 0 radical (unpaired) electrons. The average Bonchev–Trinajstić information content (AvgIpc) is 2.53. The van der Waals surface area contributed by atoms with E-state index in [1.54, 1.807) is 36.4 Å². The van der Waals surface area contributed by atoms with Crippen LogP contribution in [0.4, 0.5) is 0 Å². The van der Waals surface area contributed by atoms with Crippen molar-refractivity contribution in [2.45, 2.75) is 0 Å². The average molecular weight is 319 g/mol. The summed E-state index contributed by atoms with van der Waals surface area (Å²) in [4.78, 5) is 12.1. The second-order valence-electron chi connectivity index (χ2n) is 4.45. The highest BCUT2D eigenvalue weighted by atomic mass is 35.5. The van der Waals surface area contributed by atoms with Crippen LogP contribution in [0.5, 0.6) is 17.2 Å². The SMILES string of the molecule is COc1ccc(C=CC(=O)c2cccc(Cl)c2)c(O)c1OC. The summed E-state index contributed by atoms with van der Waals surface area (Å²) in [6.07, 6.45) is 2.88. The van der Waals surface area contributed by atoms with Gasteiger partial charge >= 0.3 is 0 Å². The molecule has 0 saturated heterocycles. The molecule has 0 aliphatic carbocycles. The Morgan fingerprint density at radius 3 is 2.59 bits per heavy atom. The quantitative estimate of drug-likeness (QED) is 0.669. The summed E-state index contributed by atoms with van der Waals surface area (Å²) in [6, 6.07) is 9.95. The summed E-state index contributed by atoms with van der Waals surface area (Å²) in [7, 11) is 2.91. The Bertz CT molecular complexity index is 723. The van der Waals surface area contributed by atoms with E-state index in [0.29, 0.717) is 21.9 Å². The molecule has 0 aromatic heterocycles. The Balaban J connectivity index is 2.29. The Kier molecular flexibility index (Phi) is 5.07. The van der Waals surface area contributed by atoms with Crippen LogP contribution in [-0.4, -0.2) is 25.1 Å². The fourth-order valence-corrected chi connectivity index (χ4v) is 2.15. The number of aromatic hydroxyl groups is 1. The van der Waals surface area contributed by atoms with Crippen LogP contribution in [0.25, 0.3) is 6.08 Å². The van der Waals surface area contributed by atoms with E-state index >= 15 is 0 Å². The summed E-state index contributed by atoms with van der Waals surface area (Å²) >= 11 is 5.86. The van der Waals surface area contributed by atoms with E-state index in [0.717, 1.165) is 0 Å². The lowest BCUT2D eigenvalue weighted by Gasteiger charge is -2.10. The van der Waals surface area contributed by atoms with E-state index in [1.807, 2.05) is 0 Å². The number of halogens is 1. The number of ketones is 1. The van der Waals surface area contributed by atoms with E-state index in [2.05, 4.69) is 0 Å². The van der Waals surface area contributed by atoms with Gasteiger partial charge in [0.1, 0.15) is 0 Å². The number of phenolic OH excluding ortho intramolecular Hbond substituents is 1. The fourth-order valence-electron chi connectivity index (χ4n) is 1.96. The molecule has 0 spiro atoms. The van der Waals surface area contributed by atoms with Gasteiger partial charge in [0, 0.05) is 16.1 Å². The lowest BCUT2D eigenvalue weighted by atomic mass is 10.1. The van der Waals surface area contributed by atoms with Gasteiger partial charge in [-0.15, -0.1) is 0 Å². The highest BCUT2D eigenvalue weighted by Crippen LogP contribution is 2.39. The Morgan fingerprint density at radius 1 is 1.18 bits per heavy atom. The van der Waals surface area contributed by atoms with Gasteiger partial charge in [0.2, 0.25) is 5.75 Å². The van der Waals surface area contributed by atoms with E-state index < -0.39 is 0 Å². The first-order chi connectivity index (χ1) is 10.6. The number of carbonyl (C=O) groups excluding carboxylic acids is 1. The maximum atomic E-state index is 12.1. The van der Waals surface area contributed by atoms with E-state index in [9.17, 15) is 9.90 Å². The van der Waals surface area contributed by atoms with Crippen molar-refractivity contribution >= 4 is 23.5 Å². The Labute approximate surface area is 133 Å². The zero-order valence-electron chi connectivity index (χ0n) is 12.2. The standard InChI is InChI=1S/C17H15ClO4/c1-21-15-9-7-11(16(20)17(15)22-2)6-8-14(19)12-4-3-5-13(18)10-12/h3-10,20H,1-2H3. The van der Waals surface area contributed by atoms with Crippen LogP contribution in [0.15, 0.2) is 42.5 Å². The van der Waals surface area contributed by atoms with Crippen LogP contribution in [0.1, 0.15) is 15.9 Å². The van der Waals surface area contributed by atoms with Gasteiger partial charge in [0.15, 0.2) is 17.3 Å². The fraction of sp³-hybridized carbons (Fsp3) is 0.118. The molecule has 0 fully saturated rings. The lowest BCUT2D eigenvalue weighted by Crippen LogP contribution is -1.94. The molecule has 2 rings (SSSR count). The van der Waals surface area contributed by atoms with Crippen LogP contribution in [0.2, 0.25) is 5.02 Å². The second kappa shape index (κ2) is 7.00. The van der Waals surface area contributed by atoms with E-state index in [1.165, 1.54) is 26.4 Å². The van der Waals surface area contributed by atoms with E-state index in [4.69, 9.17) is 21.1 Å². The van der Waals surface area contributed by atoms with Crippen molar-refractivity contribution in [2.24, 2.45) is 0 Å². The Morgan fingerprint density at radius 2 is 1.95 bits per heavy atom. The minimum atomic E-state index is -0.211. The van der Waals surface area contributed by atoms with Gasteiger partial charge in [-0.25, -0.2) is 0 Å². The van der Waals surface area contributed by atoms with Gasteiger partial charge in [-0.1, -0.05) is 23.7 Å². The largest absolute Gasteiger partial charge is 0.504 e. The molecule has 1 N–H and O–H groups in total.